The van der Waals surface area contributed by atoms with Gasteiger partial charge in [-0.05, 0) is 30.5 Å². The molecular formula is C14H22ClN. The summed E-state index contributed by atoms with van der Waals surface area (Å²) in [5.41, 5.74) is 2.79. The Morgan fingerprint density at radius 2 is 1.62 bits per heavy atom. The maximum atomic E-state index is 5.80. The molecule has 16 heavy (non-hydrogen) atoms. The van der Waals surface area contributed by atoms with Crippen LogP contribution in [0.25, 0.3) is 0 Å². The topological polar surface area (TPSA) is 3.24 Å². The Balaban J connectivity index is 2.54. The number of alkyl halides is 1. The van der Waals surface area contributed by atoms with E-state index in [2.05, 4.69) is 43.0 Å². The van der Waals surface area contributed by atoms with Gasteiger partial charge >= 0.3 is 0 Å². The van der Waals surface area contributed by atoms with Crippen LogP contribution in [-0.4, -0.2) is 23.9 Å². The molecule has 0 bridgehead atoms. The minimum atomic E-state index is 0.715. The minimum absolute atomic E-state index is 0.715. The fraction of sp³-hybridized carbons (Fsp3) is 0.571. The third-order valence-electron chi connectivity index (χ3n) is 2.78. The van der Waals surface area contributed by atoms with Gasteiger partial charge in [0.15, 0.2) is 0 Å². The maximum absolute atomic E-state index is 5.80. The van der Waals surface area contributed by atoms with Gasteiger partial charge < -0.3 is 0 Å². The fourth-order valence-electron chi connectivity index (χ4n) is 1.84. The number of rotatable bonds is 7. The molecule has 2 heteroatoms. The normalized spacial score (nSPS) is 11.0. The van der Waals surface area contributed by atoms with Gasteiger partial charge in [-0.2, -0.15) is 0 Å². The molecule has 0 saturated carbocycles. The van der Waals surface area contributed by atoms with Gasteiger partial charge in [-0.25, -0.2) is 0 Å². The zero-order valence-electron chi connectivity index (χ0n) is 10.4. The Labute approximate surface area is 104 Å². The Morgan fingerprint density at radius 1 is 1.00 bits per heavy atom. The van der Waals surface area contributed by atoms with E-state index >= 15 is 0 Å². The molecule has 0 aliphatic carbocycles. The summed E-state index contributed by atoms with van der Waals surface area (Å²) >= 11 is 5.80. The van der Waals surface area contributed by atoms with Crippen molar-refractivity contribution in [3.63, 3.8) is 0 Å². The molecule has 0 aromatic heterocycles. The number of hydrogen-bond donors (Lipinski definition) is 0. The molecule has 0 heterocycles. The van der Waals surface area contributed by atoms with Crippen molar-refractivity contribution < 1.29 is 0 Å². The summed E-state index contributed by atoms with van der Waals surface area (Å²) in [6, 6.07) is 8.91. The molecule has 0 aliphatic heterocycles. The van der Waals surface area contributed by atoms with E-state index in [0.717, 1.165) is 26.1 Å². The average Bonchev–Trinajstić information content (AvgIpc) is 2.31. The van der Waals surface area contributed by atoms with E-state index in [1.165, 1.54) is 17.5 Å². The first kappa shape index (κ1) is 13.5. The van der Waals surface area contributed by atoms with E-state index in [1.807, 2.05) is 0 Å². The molecule has 0 fully saturated rings. The lowest BCUT2D eigenvalue weighted by Crippen LogP contribution is -2.26. The summed E-state index contributed by atoms with van der Waals surface area (Å²) in [6.45, 7) is 7.52. The molecule has 0 atom stereocenters. The van der Waals surface area contributed by atoms with Crippen LogP contribution in [0, 0.1) is 0 Å². The first-order chi connectivity index (χ1) is 7.80. The van der Waals surface area contributed by atoms with Crippen molar-refractivity contribution in [1.29, 1.82) is 0 Å². The summed E-state index contributed by atoms with van der Waals surface area (Å²) in [5, 5.41) is 0. The molecule has 1 aromatic carbocycles. The predicted octanol–water partition coefficient (Wildman–Crippen LogP) is 3.70. The van der Waals surface area contributed by atoms with E-state index in [1.54, 1.807) is 0 Å². The van der Waals surface area contributed by atoms with Crippen molar-refractivity contribution in [3.05, 3.63) is 35.4 Å². The third kappa shape index (κ3) is 4.54. The van der Waals surface area contributed by atoms with Crippen LogP contribution in [0.4, 0.5) is 0 Å². The molecule has 0 radical (unpaired) electrons. The van der Waals surface area contributed by atoms with Gasteiger partial charge in [-0.3, -0.25) is 4.90 Å². The van der Waals surface area contributed by atoms with Crippen LogP contribution in [0.3, 0.4) is 0 Å². The Kier molecular flexibility index (Phi) is 6.51. The summed E-state index contributed by atoms with van der Waals surface area (Å²) in [4.78, 5) is 2.41. The van der Waals surface area contributed by atoms with Crippen LogP contribution in [0.15, 0.2) is 24.3 Å². The van der Waals surface area contributed by atoms with E-state index in [4.69, 9.17) is 11.6 Å². The van der Waals surface area contributed by atoms with Crippen molar-refractivity contribution in [2.75, 3.05) is 19.0 Å². The van der Waals surface area contributed by atoms with Crippen molar-refractivity contribution in [1.82, 2.24) is 4.90 Å². The van der Waals surface area contributed by atoms with Crippen LogP contribution < -0.4 is 0 Å². The van der Waals surface area contributed by atoms with E-state index < -0.39 is 0 Å². The number of hydrogen-bond acceptors (Lipinski definition) is 1. The third-order valence-corrected chi connectivity index (χ3v) is 2.95. The van der Waals surface area contributed by atoms with Gasteiger partial charge in [0.2, 0.25) is 0 Å². The summed E-state index contributed by atoms with van der Waals surface area (Å²) < 4.78 is 0. The van der Waals surface area contributed by atoms with Crippen LogP contribution in [0.5, 0.6) is 0 Å². The largest absolute Gasteiger partial charge is 0.298 e. The molecule has 1 aromatic rings. The number of aryl methyl sites for hydroxylation is 1. The standard InChI is InChI=1S/C14H22ClN/c1-3-10-16(11-9-15)12-14-7-5-13(4-2)6-8-14/h5-8H,3-4,9-12H2,1-2H3. The van der Waals surface area contributed by atoms with Crippen LogP contribution >= 0.6 is 11.6 Å². The van der Waals surface area contributed by atoms with Crippen molar-refractivity contribution in [3.8, 4) is 0 Å². The van der Waals surface area contributed by atoms with E-state index in [0.29, 0.717) is 5.88 Å². The molecule has 0 N–H and O–H groups in total. The molecule has 0 aliphatic rings. The molecule has 0 spiro atoms. The first-order valence-corrected chi connectivity index (χ1v) is 6.69. The van der Waals surface area contributed by atoms with Gasteiger partial charge in [-0.15, -0.1) is 11.6 Å². The minimum Gasteiger partial charge on any atom is -0.298 e. The highest BCUT2D eigenvalue weighted by molar-refractivity contribution is 6.18. The predicted molar refractivity (Wildman–Crippen MR) is 72.1 cm³/mol. The lowest BCUT2D eigenvalue weighted by molar-refractivity contribution is 0.282. The Bertz CT molecular complexity index is 275. The van der Waals surface area contributed by atoms with Crippen molar-refractivity contribution in [2.24, 2.45) is 0 Å². The molecular weight excluding hydrogens is 218 g/mol. The highest BCUT2D eigenvalue weighted by atomic mass is 35.5. The Hall–Kier alpha value is -0.530. The highest BCUT2D eigenvalue weighted by Crippen LogP contribution is 2.08. The van der Waals surface area contributed by atoms with Crippen LogP contribution in [-0.2, 0) is 13.0 Å². The second-order valence-electron chi connectivity index (χ2n) is 4.14. The van der Waals surface area contributed by atoms with Gasteiger partial charge in [0.1, 0.15) is 0 Å². The van der Waals surface area contributed by atoms with Gasteiger partial charge in [0.25, 0.3) is 0 Å². The van der Waals surface area contributed by atoms with Crippen molar-refractivity contribution >= 4 is 11.6 Å². The average molecular weight is 240 g/mol. The van der Waals surface area contributed by atoms with Crippen LogP contribution in [0.2, 0.25) is 0 Å². The molecule has 1 rings (SSSR count). The summed E-state index contributed by atoms with van der Waals surface area (Å²) in [6.07, 6.45) is 2.30. The van der Waals surface area contributed by atoms with E-state index in [9.17, 15) is 0 Å². The monoisotopic (exact) mass is 239 g/mol. The number of halogens is 1. The van der Waals surface area contributed by atoms with Gasteiger partial charge in [0, 0.05) is 19.0 Å². The second kappa shape index (κ2) is 7.70. The van der Waals surface area contributed by atoms with Crippen LogP contribution in [0.1, 0.15) is 31.4 Å². The summed E-state index contributed by atoms with van der Waals surface area (Å²) in [7, 11) is 0. The first-order valence-electron chi connectivity index (χ1n) is 6.16. The Morgan fingerprint density at radius 3 is 2.12 bits per heavy atom. The highest BCUT2D eigenvalue weighted by Gasteiger charge is 2.03. The molecule has 0 unspecified atom stereocenters. The van der Waals surface area contributed by atoms with Crippen molar-refractivity contribution in [2.45, 2.75) is 33.2 Å². The SMILES string of the molecule is CCCN(CCCl)Cc1ccc(CC)cc1. The maximum Gasteiger partial charge on any atom is 0.0351 e. The lowest BCUT2D eigenvalue weighted by Gasteiger charge is -2.20. The second-order valence-corrected chi connectivity index (χ2v) is 4.51. The summed E-state index contributed by atoms with van der Waals surface area (Å²) in [5.74, 6) is 0.715. The zero-order chi connectivity index (χ0) is 11.8. The molecule has 1 nitrogen and oxygen atoms in total. The van der Waals surface area contributed by atoms with Gasteiger partial charge in [-0.1, -0.05) is 38.1 Å². The molecule has 90 valence electrons. The number of nitrogens with zero attached hydrogens (tertiary/aromatic N) is 1. The molecule has 0 saturated heterocycles. The lowest BCUT2D eigenvalue weighted by atomic mass is 10.1. The smallest absolute Gasteiger partial charge is 0.0351 e. The fourth-order valence-corrected chi connectivity index (χ4v) is 2.08. The van der Waals surface area contributed by atoms with Gasteiger partial charge in [0.05, 0.1) is 0 Å². The zero-order valence-corrected chi connectivity index (χ0v) is 11.1. The number of benzene rings is 1. The quantitative estimate of drug-likeness (QED) is 0.656. The van der Waals surface area contributed by atoms with E-state index in [-0.39, 0.29) is 0 Å². The molecule has 0 amide bonds.